The number of nitrogens with one attached hydrogen (secondary N) is 2. The van der Waals surface area contributed by atoms with Gasteiger partial charge in [0, 0.05) is 33.4 Å². The Morgan fingerprint density at radius 2 is 1.86 bits per heavy atom. The van der Waals surface area contributed by atoms with Crippen LogP contribution in [-0.4, -0.2) is 18.9 Å². The summed E-state index contributed by atoms with van der Waals surface area (Å²) in [6.45, 7) is 0. The molecular formula is C21H17BrN2O4. The van der Waals surface area contributed by atoms with Gasteiger partial charge in [0.2, 0.25) is 5.91 Å². The SMILES string of the molecule is COc1ccc(Br)cc1/C=C/C(=O)Nc1ccc(C(=O)Nc2ccco2)cc1. The quantitative estimate of drug-likeness (QED) is 0.531. The van der Waals surface area contributed by atoms with Crippen LogP contribution in [0.4, 0.5) is 11.6 Å². The van der Waals surface area contributed by atoms with Crippen LogP contribution in [0.1, 0.15) is 15.9 Å². The largest absolute Gasteiger partial charge is 0.496 e. The smallest absolute Gasteiger partial charge is 0.257 e. The lowest BCUT2D eigenvalue weighted by Crippen LogP contribution is -2.12. The maximum Gasteiger partial charge on any atom is 0.257 e. The molecule has 0 unspecified atom stereocenters. The van der Waals surface area contributed by atoms with Crippen molar-refractivity contribution in [3.05, 3.63) is 82.5 Å². The summed E-state index contributed by atoms with van der Waals surface area (Å²) in [5, 5.41) is 5.38. The number of amides is 2. The Hall–Kier alpha value is -3.32. The lowest BCUT2D eigenvalue weighted by atomic mass is 10.1. The first-order valence-corrected chi connectivity index (χ1v) is 9.12. The molecule has 0 radical (unpaired) electrons. The van der Waals surface area contributed by atoms with Gasteiger partial charge < -0.3 is 14.5 Å². The first-order chi connectivity index (χ1) is 13.5. The van der Waals surface area contributed by atoms with Crippen LogP contribution < -0.4 is 15.4 Å². The second-order valence-corrected chi connectivity index (χ2v) is 6.63. The number of ether oxygens (including phenoxy) is 1. The minimum absolute atomic E-state index is 0.296. The highest BCUT2D eigenvalue weighted by Gasteiger charge is 2.08. The second kappa shape index (κ2) is 9.05. The second-order valence-electron chi connectivity index (χ2n) is 5.72. The zero-order chi connectivity index (χ0) is 19.9. The van der Waals surface area contributed by atoms with Crippen LogP contribution in [0.3, 0.4) is 0 Å². The number of methoxy groups -OCH3 is 1. The van der Waals surface area contributed by atoms with Crippen molar-refractivity contribution in [2.45, 2.75) is 0 Å². The molecule has 1 aromatic heterocycles. The Morgan fingerprint density at radius 1 is 1.07 bits per heavy atom. The van der Waals surface area contributed by atoms with Gasteiger partial charge in [-0.05, 0) is 54.6 Å². The van der Waals surface area contributed by atoms with E-state index in [4.69, 9.17) is 9.15 Å². The van der Waals surface area contributed by atoms with E-state index in [1.807, 2.05) is 18.2 Å². The van der Waals surface area contributed by atoms with E-state index in [0.717, 1.165) is 10.0 Å². The Kier molecular flexibility index (Phi) is 6.29. The first kappa shape index (κ1) is 19.4. The molecule has 0 saturated heterocycles. The maximum atomic E-state index is 12.2. The first-order valence-electron chi connectivity index (χ1n) is 8.32. The molecular weight excluding hydrogens is 424 g/mol. The molecule has 142 valence electrons. The lowest BCUT2D eigenvalue weighted by Gasteiger charge is -2.06. The van der Waals surface area contributed by atoms with Gasteiger partial charge in [-0.2, -0.15) is 0 Å². The van der Waals surface area contributed by atoms with E-state index in [1.165, 1.54) is 12.3 Å². The summed E-state index contributed by atoms with van der Waals surface area (Å²) in [6, 6.07) is 15.4. The molecule has 0 fully saturated rings. The van der Waals surface area contributed by atoms with Crippen molar-refractivity contribution in [2.24, 2.45) is 0 Å². The fraction of sp³-hybridized carbons (Fsp3) is 0.0476. The molecule has 0 atom stereocenters. The predicted molar refractivity (Wildman–Crippen MR) is 111 cm³/mol. The summed E-state index contributed by atoms with van der Waals surface area (Å²) >= 11 is 3.39. The third-order valence-electron chi connectivity index (χ3n) is 3.78. The Morgan fingerprint density at radius 3 is 2.54 bits per heavy atom. The summed E-state index contributed by atoms with van der Waals surface area (Å²) in [5.41, 5.74) is 1.80. The molecule has 3 aromatic rings. The zero-order valence-electron chi connectivity index (χ0n) is 14.9. The topological polar surface area (TPSA) is 80.6 Å². The molecule has 0 aliphatic rings. The van der Waals surface area contributed by atoms with Crippen molar-refractivity contribution in [3.63, 3.8) is 0 Å². The van der Waals surface area contributed by atoms with Crippen molar-refractivity contribution >= 4 is 45.4 Å². The van der Waals surface area contributed by atoms with Gasteiger partial charge in [-0.25, -0.2) is 0 Å². The molecule has 2 N–H and O–H groups in total. The number of benzene rings is 2. The highest BCUT2D eigenvalue weighted by atomic mass is 79.9. The monoisotopic (exact) mass is 440 g/mol. The Bertz CT molecular complexity index is 996. The van der Waals surface area contributed by atoms with Crippen LogP contribution in [0.15, 0.2) is 75.8 Å². The van der Waals surface area contributed by atoms with Gasteiger partial charge in [0.15, 0.2) is 5.88 Å². The van der Waals surface area contributed by atoms with E-state index in [2.05, 4.69) is 26.6 Å². The van der Waals surface area contributed by atoms with Crippen molar-refractivity contribution in [1.82, 2.24) is 0 Å². The number of hydrogen-bond donors (Lipinski definition) is 2. The Labute approximate surface area is 170 Å². The van der Waals surface area contributed by atoms with Gasteiger partial charge in [0.1, 0.15) is 5.75 Å². The molecule has 6 nitrogen and oxygen atoms in total. The molecule has 0 bridgehead atoms. The summed E-state index contributed by atoms with van der Waals surface area (Å²) < 4.78 is 11.2. The van der Waals surface area contributed by atoms with Crippen molar-refractivity contribution in [3.8, 4) is 5.75 Å². The van der Waals surface area contributed by atoms with Crippen molar-refractivity contribution < 1.29 is 18.7 Å². The molecule has 0 aliphatic heterocycles. The van der Waals surface area contributed by atoms with Gasteiger partial charge in [-0.15, -0.1) is 0 Å². The normalized spacial score (nSPS) is 10.6. The third kappa shape index (κ3) is 5.11. The third-order valence-corrected chi connectivity index (χ3v) is 4.27. The lowest BCUT2D eigenvalue weighted by molar-refractivity contribution is -0.111. The van der Waals surface area contributed by atoms with Crippen molar-refractivity contribution in [2.75, 3.05) is 17.7 Å². The van der Waals surface area contributed by atoms with Crippen LogP contribution in [0.2, 0.25) is 0 Å². The van der Waals surface area contributed by atoms with Gasteiger partial charge in [-0.1, -0.05) is 15.9 Å². The molecule has 3 rings (SSSR count). The molecule has 7 heteroatoms. The number of carbonyl (C=O) groups is 2. The van der Waals surface area contributed by atoms with Gasteiger partial charge in [-0.3, -0.25) is 14.9 Å². The van der Waals surface area contributed by atoms with Gasteiger partial charge in [0.25, 0.3) is 5.91 Å². The molecule has 28 heavy (non-hydrogen) atoms. The van der Waals surface area contributed by atoms with E-state index >= 15 is 0 Å². The molecule has 0 saturated carbocycles. The highest BCUT2D eigenvalue weighted by molar-refractivity contribution is 9.10. The van der Waals surface area contributed by atoms with E-state index in [1.54, 1.807) is 49.6 Å². The summed E-state index contributed by atoms with van der Waals surface area (Å²) in [5.74, 6) is 0.443. The fourth-order valence-corrected chi connectivity index (χ4v) is 2.80. The summed E-state index contributed by atoms with van der Waals surface area (Å²) in [7, 11) is 1.57. The molecule has 0 aliphatic carbocycles. The minimum Gasteiger partial charge on any atom is -0.496 e. The van der Waals surface area contributed by atoms with Gasteiger partial charge >= 0.3 is 0 Å². The average molecular weight is 441 g/mol. The molecule has 1 heterocycles. The van der Waals surface area contributed by atoms with Crippen LogP contribution >= 0.6 is 15.9 Å². The molecule has 2 aromatic carbocycles. The maximum absolute atomic E-state index is 12.2. The van der Waals surface area contributed by atoms with Gasteiger partial charge in [0.05, 0.1) is 13.4 Å². The zero-order valence-corrected chi connectivity index (χ0v) is 16.5. The van der Waals surface area contributed by atoms with E-state index in [-0.39, 0.29) is 11.8 Å². The number of rotatable bonds is 6. The van der Waals surface area contributed by atoms with Crippen LogP contribution in [0, 0.1) is 0 Å². The Balaban J connectivity index is 1.61. The number of hydrogen-bond acceptors (Lipinski definition) is 4. The van der Waals surface area contributed by atoms with Crippen LogP contribution in [-0.2, 0) is 4.79 Å². The van der Waals surface area contributed by atoms with Crippen molar-refractivity contribution in [1.29, 1.82) is 0 Å². The highest BCUT2D eigenvalue weighted by Crippen LogP contribution is 2.24. The fourth-order valence-electron chi connectivity index (χ4n) is 2.42. The van der Waals surface area contributed by atoms with E-state index in [9.17, 15) is 9.59 Å². The van der Waals surface area contributed by atoms with Crippen LogP contribution in [0.25, 0.3) is 6.08 Å². The number of carbonyl (C=O) groups excluding carboxylic acids is 2. The van der Waals surface area contributed by atoms with Crippen LogP contribution in [0.5, 0.6) is 5.75 Å². The van der Waals surface area contributed by atoms with E-state index < -0.39 is 0 Å². The average Bonchev–Trinajstić information content (AvgIpc) is 3.20. The molecule has 0 spiro atoms. The standard InChI is InChI=1S/C21H17BrN2O4/c1-27-18-10-7-16(22)13-15(18)6-11-19(25)23-17-8-4-14(5-9-17)21(26)24-20-3-2-12-28-20/h2-13H,1H3,(H,23,25)(H,24,26)/b11-6+. The number of anilines is 2. The minimum atomic E-state index is -0.297. The number of halogens is 1. The summed E-state index contributed by atoms with van der Waals surface area (Å²) in [6.07, 6.45) is 4.57. The molecule has 2 amide bonds. The van der Waals surface area contributed by atoms with E-state index in [0.29, 0.717) is 22.9 Å². The predicted octanol–water partition coefficient (Wildman–Crippen LogP) is 4.95. The number of furan rings is 1. The summed E-state index contributed by atoms with van der Waals surface area (Å²) in [4.78, 5) is 24.3.